The monoisotopic (exact) mass is 413 g/mol. The number of carbonyl (C=O) groups is 1. The van der Waals surface area contributed by atoms with E-state index in [1.54, 1.807) is 13.8 Å². The van der Waals surface area contributed by atoms with E-state index >= 15 is 4.39 Å². The first-order valence-electron chi connectivity index (χ1n) is 9.88. The summed E-state index contributed by atoms with van der Waals surface area (Å²) in [7, 11) is 0. The van der Waals surface area contributed by atoms with Crippen molar-refractivity contribution in [2.24, 2.45) is 0 Å². The Labute approximate surface area is 173 Å². The summed E-state index contributed by atoms with van der Waals surface area (Å²) in [5, 5.41) is 2.49. The molecule has 0 spiro atoms. The number of nitrogens with two attached hydrogens (primary N) is 1. The Morgan fingerprint density at radius 2 is 1.83 bits per heavy atom. The SMILES string of the molecule is CC(=O)c1cn(C(C)C)c2c(F)c(NCCCc3ccccc3)c(F)c(N)c2c1=O. The predicted molar refractivity (Wildman–Crippen MR) is 116 cm³/mol. The second kappa shape index (κ2) is 8.65. The van der Waals surface area contributed by atoms with Gasteiger partial charge in [-0.05, 0) is 39.2 Å². The second-order valence-corrected chi connectivity index (χ2v) is 7.59. The molecule has 0 amide bonds. The number of ketones is 1. The number of benzene rings is 2. The molecule has 0 aliphatic rings. The van der Waals surface area contributed by atoms with Crippen LogP contribution in [-0.2, 0) is 6.42 Å². The zero-order valence-corrected chi connectivity index (χ0v) is 17.3. The number of pyridine rings is 1. The van der Waals surface area contributed by atoms with E-state index in [9.17, 15) is 14.0 Å². The fourth-order valence-electron chi connectivity index (χ4n) is 3.53. The summed E-state index contributed by atoms with van der Waals surface area (Å²) >= 11 is 0. The minimum Gasteiger partial charge on any atom is -0.396 e. The van der Waals surface area contributed by atoms with Gasteiger partial charge in [-0.2, -0.15) is 0 Å². The van der Waals surface area contributed by atoms with Gasteiger partial charge in [0.15, 0.2) is 17.4 Å². The van der Waals surface area contributed by atoms with Gasteiger partial charge >= 0.3 is 0 Å². The molecular formula is C23H25F2N3O2. The van der Waals surface area contributed by atoms with Crippen LogP contribution in [0.3, 0.4) is 0 Å². The van der Waals surface area contributed by atoms with Gasteiger partial charge in [-0.15, -0.1) is 0 Å². The lowest BCUT2D eigenvalue weighted by molar-refractivity contribution is 0.101. The number of nitrogen functional groups attached to an aromatic ring is 1. The standard InChI is InChI=1S/C23H25F2N3O2/c1-13(2)28-12-16(14(3)29)23(30)17-20(26)18(24)21(19(25)22(17)28)27-11-7-10-15-8-5-4-6-9-15/h4-6,8-9,12-13,27H,7,10-11,26H2,1-3H3. The number of carbonyl (C=O) groups excluding carboxylic acids is 1. The van der Waals surface area contributed by atoms with Crippen molar-refractivity contribution >= 4 is 28.1 Å². The molecule has 0 unspecified atom stereocenters. The minimum absolute atomic E-state index is 0.107. The quantitative estimate of drug-likeness (QED) is 0.335. The van der Waals surface area contributed by atoms with Crippen LogP contribution in [0.25, 0.3) is 10.9 Å². The Bertz CT molecular complexity index is 1160. The number of aromatic nitrogens is 1. The third kappa shape index (κ3) is 3.92. The Hall–Kier alpha value is -3.22. The van der Waals surface area contributed by atoms with E-state index in [2.05, 4.69) is 5.32 Å². The molecule has 1 heterocycles. The van der Waals surface area contributed by atoms with Crippen molar-refractivity contribution in [1.29, 1.82) is 0 Å². The van der Waals surface area contributed by atoms with Gasteiger partial charge in [-0.25, -0.2) is 8.78 Å². The molecule has 158 valence electrons. The average molecular weight is 413 g/mol. The number of halogens is 2. The normalized spacial score (nSPS) is 11.3. The number of nitrogens with one attached hydrogen (secondary N) is 1. The number of aryl methyl sites for hydroxylation is 1. The van der Waals surface area contributed by atoms with Gasteiger partial charge < -0.3 is 15.6 Å². The first kappa shape index (κ1) is 21.5. The van der Waals surface area contributed by atoms with Crippen LogP contribution in [-0.4, -0.2) is 16.9 Å². The molecule has 3 aromatic rings. The molecule has 3 rings (SSSR count). The van der Waals surface area contributed by atoms with Crippen LogP contribution in [0.2, 0.25) is 0 Å². The summed E-state index contributed by atoms with van der Waals surface area (Å²) in [6, 6.07) is 9.50. The van der Waals surface area contributed by atoms with Crippen molar-refractivity contribution in [1.82, 2.24) is 4.57 Å². The smallest absolute Gasteiger partial charge is 0.202 e. The third-order valence-corrected chi connectivity index (χ3v) is 5.11. The molecule has 0 aliphatic carbocycles. The minimum atomic E-state index is -1.02. The number of fused-ring (bicyclic) bond motifs is 1. The van der Waals surface area contributed by atoms with Crippen molar-refractivity contribution < 1.29 is 13.6 Å². The average Bonchev–Trinajstić information content (AvgIpc) is 2.71. The highest BCUT2D eigenvalue weighted by molar-refractivity contribution is 6.01. The molecule has 3 N–H and O–H groups in total. The van der Waals surface area contributed by atoms with Crippen LogP contribution in [0.1, 0.15) is 49.2 Å². The lowest BCUT2D eigenvalue weighted by atomic mass is 10.0. The van der Waals surface area contributed by atoms with E-state index in [1.165, 1.54) is 17.7 Å². The van der Waals surface area contributed by atoms with Crippen molar-refractivity contribution in [2.75, 3.05) is 17.6 Å². The van der Waals surface area contributed by atoms with Crippen molar-refractivity contribution in [2.45, 2.75) is 39.7 Å². The molecule has 1 aromatic heterocycles. The Morgan fingerprint density at radius 1 is 1.17 bits per heavy atom. The molecule has 0 bridgehead atoms. The molecule has 0 fully saturated rings. The van der Waals surface area contributed by atoms with Gasteiger partial charge in [0.25, 0.3) is 0 Å². The molecule has 0 aliphatic heterocycles. The number of anilines is 2. The lowest BCUT2D eigenvalue weighted by Crippen LogP contribution is -2.22. The Morgan fingerprint density at radius 3 is 2.43 bits per heavy atom. The Balaban J connectivity index is 2.04. The summed E-state index contributed by atoms with van der Waals surface area (Å²) in [5.74, 6) is -2.40. The zero-order chi connectivity index (χ0) is 22.0. The van der Waals surface area contributed by atoms with Crippen LogP contribution in [0.4, 0.5) is 20.2 Å². The molecule has 5 nitrogen and oxygen atoms in total. The first-order valence-corrected chi connectivity index (χ1v) is 9.88. The molecule has 2 aromatic carbocycles. The van der Waals surface area contributed by atoms with E-state index < -0.39 is 28.5 Å². The summed E-state index contributed by atoms with van der Waals surface area (Å²) in [5.41, 5.74) is 5.20. The third-order valence-electron chi connectivity index (χ3n) is 5.11. The zero-order valence-electron chi connectivity index (χ0n) is 17.3. The molecular weight excluding hydrogens is 388 g/mol. The highest BCUT2D eigenvalue weighted by atomic mass is 19.1. The number of nitrogens with zero attached hydrogens (tertiary/aromatic N) is 1. The maximum absolute atomic E-state index is 15.4. The maximum Gasteiger partial charge on any atom is 0.202 e. The van der Waals surface area contributed by atoms with Crippen molar-refractivity contribution in [3.63, 3.8) is 0 Å². The van der Waals surface area contributed by atoms with Crippen LogP contribution in [0.5, 0.6) is 0 Å². The van der Waals surface area contributed by atoms with Crippen LogP contribution in [0, 0.1) is 11.6 Å². The van der Waals surface area contributed by atoms with Crippen LogP contribution >= 0.6 is 0 Å². The highest BCUT2D eigenvalue weighted by Gasteiger charge is 2.25. The van der Waals surface area contributed by atoms with Crippen LogP contribution < -0.4 is 16.5 Å². The van der Waals surface area contributed by atoms with Gasteiger partial charge in [-0.1, -0.05) is 30.3 Å². The van der Waals surface area contributed by atoms with E-state index in [0.29, 0.717) is 13.0 Å². The molecule has 7 heteroatoms. The molecule has 0 radical (unpaired) electrons. The largest absolute Gasteiger partial charge is 0.396 e. The number of hydrogen-bond donors (Lipinski definition) is 2. The number of rotatable bonds is 7. The van der Waals surface area contributed by atoms with Gasteiger partial charge in [-0.3, -0.25) is 9.59 Å². The fraction of sp³-hybridized carbons (Fsp3) is 0.304. The van der Waals surface area contributed by atoms with Gasteiger partial charge in [0, 0.05) is 18.8 Å². The van der Waals surface area contributed by atoms with E-state index in [4.69, 9.17) is 5.73 Å². The molecule has 30 heavy (non-hydrogen) atoms. The molecule has 0 saturated heterocycles. The van der Waals surface area contributed by atoms with Gasteiger partial charge in [0.05, 0.1) is 22.2 Å². The van der Waals surface area contributed by atoms with Crippen LogP contribution in [0.15, 0.2) is 41.3 Å². The van der Waals surface area contributed by atoms with Crippen molar-refractivity contribution in [3.05, 3.63) is 69.5 Å². The van der Waals surface area contributed by atoms with Gasteiger partial charge in [0.2, 0.25) is 5.43 Å². The molecule has 0 saturated carbocycles. The summed E-state index contributed by atoms with van der Waals surface area (Å²) in [4.78, 5) is 24.6. The predicted octanol–water partition coefficient (Wildman–Crippen LogP) is 4.69. The number of hydrogen-bond acceptors (Lipinski definition) is 4. The maximum atomic E-state index is 15.4. The summed E-state index contributed by atoms with van der Waals surface area (Å²) in [6.07, 6.45) is 2.72. The van der Waals surface area contributed by atoms with E-state index in [0.717, 1.165) is 12.0 Å². The van der Waals surface area contributed by atoms with Crippen molar-refractivity contribution in [3.8, 4) is 0 Å². The summed E-state index contributed by atoms with van der Waals surface area (Å²) < 4.78 is 31.8. The lowest BCUT2D eigenvalue weighted by Gasteiger charge is -2.20. The highest BCUT2D eigenvalue weighted by Crippen LogP contribution is 2.34. The van der Waals surface area contributed by atoms with E-state index in [1.807, 2.05) is 30.3 Å². The summed E-state index contributed by atoms with van der Waals surface area (Å²) in [6.45, 7) is 5.11. The second-order valence-electron chi connectivity index (χ2n) is 7.59. The molecule has 0 atom stereocenters. The van der Waals surface area contributed by atoms with Gasteiger partial charge in [0.1, 0.15) is 5.69 Å². The fourth-order valence-corrected chi connectivity index (χ4v) is 3.53. The van der Waals surface area contributed by atoms with E-state index in [-0.39, 0.29) is 28.2 Å². The number of Topliss-reactive ketones (excluding diaryl/α,β-unsaturated/α-hetero) is 1. The topological polar surface area (TPSA) is 77.1 Å². The Kier molecular flexibility index (Phi) is 6.20. The first-order chi connectivity index (χ1) is 14.2.